The maximum atomic E-state index is 12.2. The molecule has 0 amide bonds. The number of benzene rings is 2. The average molecular weight is 407 g/mol. The van der Waals surface area contributed by atoms with Gasteiger partial charge in [0, 0.05) is 5.69 Å². The maximum absolute atomic E-state index is 12.2. The van der Waals surface area contributed by atoms with Crippen LogP contribution < -0.4 is 20.5 Å². The van der Waals surface area contributed by atoms with E-state index in [4.69, 9.17) is 5.73 Å². The number of nitrogens with two attached hydrogens (primary N) is 1. The standard InChI is InChI=1S/C17H15F6N3O2/c18-16(19,20)10-27-14-3-1-2-11(8-14)9-25-15(24)26-12-4-6-13(7-5-12)28-17(21,22)23/h1-8H,9-10H2,(H3,24,25,26). The Balaban J connectivity index is 1.92. The molecular weight excluding hydrogens is 392 g/mol. The molecule has 28 heavy (non-hydrogen) atoms. The molecule has 0 aliphatic carbocycles. The summed E-state index contributed by atoms with van der Waals surface area (Å²) in [6, 6.07) is 10.7. The van der Waals surface area contributed by atoms with E-state index in [-0.39, 0.29) is 24.0 Å². The van der Waals surface area contributed by atoms with Gasteiger partial charge in [0.05, 0.1) is 6.54 Å². The van der Waals surface area contributed by atoms with Crippen LogP contribution in [0, 0.1) is 0 Å². The van der Waals surface area contributed by atoms with Crippen LogP contribution in [0.5, 0.6) is 11.5 Å². The number of aliphatic imine (C=N–C) groups is 1. The molecule has 0 saturated carbocycles. The van der Waals surface area contributed by atoms with Crippen LogP contribution in [0.3, 0.4) is 0 Å². The molecule has 0 radical (unpaired) electrons. The minimum Gasteiger partial charge on any atom is -0.484 e. The van der Waals surface area contributed by atoms with Gasteiger partial charge in [-0.25, -0.2) is 4.99 Å². The van der Waals surface area contributed by atoms with Crippen LogP contribution in [0.15, 0.2) is 53.5 Å². The summed E-state index contributed by atoms with van der Waals surface area (Å²) in [5.41, 5.74) is 6.62. The highest BCUT2D eigenvalue weighted by atomic mass is 19.4. The van der Waals surface area contributed by atoms with Crippen molar-refractivity contribution in [1.29, 1.82) is 0 Å². The molecule has 2 aromatic rings. The van der Waals surface area contributed by atoms with Gasteiger partial charge in [0.25, 0.3) is 0 Å². The molecule has 0 spiro atoms. The van der Waals surface area contributed by atoms with Gasteiger partial charge < -0.3 is 20.5 Å². The molecular formula is C17H15F6N3O2. The number of hydrogen-bond acceptors (Lipinski definition) is 3. The van der Waals surface area contributed by atoms with Crippen molar-refractivity contribution in [2.45, 2.75) is 19.1 Å². The SMILES string of the molecule is NC(=NCc1cccc(OCC(F)(F)F)c1)Nc1ccc(OC(F)(F)F)cc1. The summed E-state index contributed by atoms with van der Waals surface area (Å²) < 4.78 is 81.2. The first-order valence-corrected chi connectivity index (χ1v) is 7.71. The lowest BCUT2D eigenvalue weighted by molar-refractivity contribution is -0.274. The summed E-state index contributed by atoms with van der Waals surface area (Å²) >= 11 is 0. The minimum absolute atomic E-state index is 0.0360. The van der Waals surface area contributed by atoms with Gasteiger partial charge in [0.1, 0.15) is 11.5 Å². The molecule has 11 heteroatoms. The van der Waals surface area contributed by atoms with Crippen molar-refractivity contribution in [3.05, 3.63) is 54.1 Å². The number of nitrogens with zero attached hydrogens (tertiary/aromatic N) is 1. The zero-order chi connectivity index (χ0) is 20.8. The summed E-state index contributed by atoms with van der Waals surface area (Å²) in [5, 5.41) is 2.67. The Hall–Kier alpha value is -3.11. The molecule has 0 heterocycles. The van der Waals surface area contributed by atoms with Crippen LogP contribution in [0.4, 0.5) is 32.0 Å². The first kappa shape index (κ1) is 21.2. The van der Waals surface area contributed by atoms with E-state index in [0.29, 0.717) is 11.3 Å². The zero-order valence-corrected chi connectivity index (χ0v) is 14.1. The second kappa shape index (κ2) is 8.72. The summed E-state index contributed by atoms with van der Waals surface area (Å²) in [7, 11) is 0. The third-order valence-electron chi connectivity index (χ3n) is 3.09. The molecule has 0 bridgehead atoms. The highest BCUT2D eigenvalue weighted by Crippen LogP contribution is 2.24. The van der Waals surface area contributed by atoms with Gasteiger partial charge in [-0.3, -0.25) is 0 Å². The van der Waals surface area contributed by atoms with Gasteiger partial charge in [0.15, 0.2) is 12.6 Å². The van der Waals surface area contributed by atoms with E-state index in [1.165, 1.54) is 30.3 Å². The topological polar surface area (TPSA) is 68.9 Å². The molecule has 5 nitrogen and oxygen atoms in total. The molecule has 152 valence electrons. The molecule has 0 aliphatic rings. The van der Waals surface area contributed by atoms with Crippen LogP contribution >= 0.6 is 0 Å². The molecule has 0 saturated heterocycles. The van der Waals surface area contributed by atoms with Crippen LogP contribution in [0.1, 0.15) is 5.56 Å². The number of halogens is 6. The normalized spacial score (nSPS) is 12.6. The van der Waals surface area contributed by atoms with Gasteiger partial charge in [-0.1, -0.05) is 12.1 Å². The van der Waals surface area contributed by atoms with Gasteiger partial charge >= 0.3 is 12.5 Å². The summed E-state index contributed by atoms with van der Waals surface area (Å²) in [6.45, 7) is -1.35. The third-order valence-corrected chi connectivity index (χ3v) is 3.09. The summed E-state index contributed by atoms with van der Waals surface area (Å²) in [6.07, 6.45) is -9.23. The number of alkyl halides is 6. The lowest BCUT2D eigenvalue weighted by Crippen LogP contribution is -2.22. The Bertz CT molecular complexity index is 804. The van der Waals surface area contributed by atoms with E-state index in [1.807, 2.05) is 0 Å². The Morgan fingerprint density at radius 2 is 1.64 bits per heavy atom. The van der Waals surface area contributed by atoms with Crippen LogP contribution in [0.25, 0.3) is 0 Å². The molecule has 2 rings (SSSR count). The number of hydrogen-bond donors (Lipinski definition) is 2. The lowest BCUT2D eigenvalue weighted by atomic mass is 10.2. The minimum atomic E-state index is -4.78. The van der Waals surface area contributed by atoms with E-state index in [1.54, 1.807) is 6.07 Å². The second-order valence-corrected chi connectivity index (χ2v) is 5.45. The van der Waals surface area contributed by atoms with Crippen LogP contribution in [-0.4, -0.2) is 25.1 Å². The molecule has 2 aromatic carbocycles. The Kier molecular flexibility index (Phi) is 6.60. The monoisotopic (exact) mass is 407 g/mol. The second-order valence-electron chi connectivity index (χ2n) is 5.45. The number of anilines is 1. The van der Waals surface area contributed by atoms with Crippen LogP contribution in [0.2, 0.25) is 0 Å². The van der Waals surface area contributed by atoms with Gasteiger partial charge in [-0.05, 0) is 42.0 Å². The molecule has 3 N–H and O–H groups in total. The molecule has 0 fully saturated rings. The van der Waals surface area contributed by atoms with Crippen molar-refractivity contribution < 1.29 is 35.8 Å². The van der Waals surface area contributed by atoms with Crippen molar-refractivity contribution in [2.75, 3.05) is 11.9 Å². The van der Waals surface area contributed by atoms with Crippen molar-refractivity contribution >= 4 is 11.6 Å². The first-order chi connectivity index (χ1) is 13.0. The van der Waals surface area contributed by atoms with Gasteiger partial charge in [-0.2, -0.15) is 13.2 Å². The van der Waals surface area contributed by atoms with E-state index < -0.39 is 19.1 Å². The fourth-order valence-corrected chi connectivity index (χ4v) is 2.00. The Morgan fingerprint density at radius 3 is 2.25 bits per heavy atom. The van der Waals surface area contributed by atoms with E-state index in [9.17, 15) is 26.3 Å². The highest BCUT2D eigenvalue weighted by Gasteiger charge is 2.31. The lowest BCUT2D eigenvalue weighted by Gasteiger charge is -2.11. The van der Waals surface area contributed by atoms with Gasteiger partial charge in [-0.15, -0.1) is 13.2 Å². The average Bonchev–Trinajstić information content (AvgIpc) is 2.58. The van der Waals surface area contributed by atoms with E-state index >= 15 is 0 Å². The van der Waals surface area contributed by atoms with E-state index in [0.717, 1.165) is 12.1 Å². The number of nitrogens with one attached hydrogen (secondary N) is 1. The largest absolute Gasteiger partial charge is 0.573 e. The zero-order valence-electron chi connectivity index (χ0n) is 14.1. The summed E-state index contributed by atoms with van der Waals surface area (Å²) in [4.78, 5) is 4.02. The molecule has 0 aromatic heterocycles. The van der Waals surface area contributed by atoms with Crippen LogP contribution in [-0.2, 0) is 6.54 Å². The fraction of sp³-hybridized carbons (Fsp3) is 0.235. The van der Waals surface area contributed by atoms with Crippen molar-refractivity contribution in [3.8, 4) is 11.5 Å². The van der Waals surface area contributed by atoms with Crippen molar-refractivity contribution in [3.63, 3.8) is 0 Å². The third kappa shape index (κ3) is 8.06. The molecule has 0 aliphatic heterocycles. The predicted octanol–water partition coefficient (Wildman–Crippen LogP) is 4.45. The smallest absolute Gasteiger partial charge is 0.484 e. The van der Waals surface area contributed by atoms with Crippen molar-refractivity contribution in [1.82, 2.24) is 0 Å². The first-order valence-electron chi connectivity index (χ1n) is 7.71. The maximum Gasteiger partial charge on any atom is 0.573 e. The predicted molar refractivity (Wildman–Crippen MR) is 90.1 cm³/mol. The number of ether oxygens (including phenoxy) is 2. The van der Waals surface area contributed by atoms with E-state index in [2.05, 4.69) is 19.8 Å². The van der Waals surface area contributed by atoms with Crippen molar-refractivity contribution in [2.24, 2.45) is 10.7 Å². The Morgan fingerprint density at radius 1 is 0.964 bits per heavy atom. The number of rotatable bonds is 6. The molecule has 0 atom stereocenters. The summed E-state index contributed by atoms with van der Waals surface area (Å²) in [5.74, 6) is -0.382. The number of guanidine groups is 1. The fourth-order valence-electron chi connectivity index (χ4n) is 2.00. The molecule has 0 unspecified atom stereocenters. The quantitative estimate of drug-likeness (QED) is 0.422. The van der Waals surface area contributed by atoms with Gasteiger partial charge in [0.2, 0.25) is 0 Å². The highest BCUT2D eigenvalue weighted by molar-refractivity contribution is 5.92. The Labute approximate surface area is 155 Å².